The van der Waals surface area contributed by atoms with Crippen LogP contribution in [-0.2, 0) is 21.5 Å². The van der Waals surface area contributed by atoms with Crippen molar-refractivity contribution in [2.45, 2.75) is 30.6 Å². The van der Waals surface area contributed by atoms with Gasteiger partial charge in [0.15, 0.2) is 5.54 Å². The third kappa shape index (κ3) is 2.96. The van der Waals surface area contributed by atoms with Gasteiger partial charge in [-0.1, -0.05) is 37.3 Å². The highest BCUT2D eigenvalue weighted by Crippen LogP contribution is 2.40. The number of thioether (sulfide) groups is 1. The number of amides is 1. The van der Waals surface area contributed by atoms with E-state index in [1.165, 1.54) is 4.88 Å². The van der Waals surface area contributed by atoms with Crippen molar-refractivity contribution in [1.29, 1.82) is 0 Å². The highest BCUT2D eigenvalue weighted by Gasteiger charge is 2.42. The maximum Gasteiger partial charge on any atom is 0.334 e. The zero-order valence-electron chi connectivity index (χ0n) is 13.3. The molecule has 0 bridgehead atoms. The summed E-state index contributed by atoms with van der Waals surface area (Å²) in [5, 5.41) is 14.4. The number of fused-ring (bicyclic) bond motifs is 1. The predicted molar refractivity (Wildman–Crippen MR) is 97.4 cm³/mol. The van der Waals surface area contributed by atoms with E-state index in [1.54, 1.807) is 54.3 Å². The molecular weight excluding hydrogens is 342 g/mol. The number of nitrogens with one attached hydrogen (secondary N) is 1. The molecule has 2 atom stereocenters. The van der Waals surface area contributed by atoms with Crippen LogP contribution in [0.5, 0.6) is 0 Å². The van der Waals surface area contributed by atoms with Crippen molar-refractivity contribution >= 4 is 35.0 Å². The Labute approximate surface area is 149 Å². The second-order valence-corrected chi connectivity index (χ2v) is 7.93. The first-order valence-corrected chi connectivity index (χ1v) is 9.80. The van der Waals surface area contributed by atoms with Gasteiger partial charge in [-0.3, -0.25) is 4.79 Å². The van der Waals surface area contributed by atoms with Gasteiger partial charge in [0.1, 0.15) is 5.25 Å². The molecular formula is C18H19NO3S2. The largest absolute Gasteiger partial charge is 0.479 e. The van der Waals surface area contributed by atoms with Crippen molar-refractivity contribution in [1.82, 2.24) is 5.32 Å². The van der Waals surface area contributed by atoms with Crippen LogP contribution in [0, 0.1) is 0 Å². The molecule has 24 heavy (non-hydrogen) atoms. The molecule has 0 fully saturated rings. The molecule has 126 valence electrons. The van der Waals surface area contributed by atoms with E-state index < -0.39 is 11.5 Å². The van der Waals surface area contributed by atoms with Gasteiger partial charge in [0.25, 0.3) is 0 Å². The van der Waals surface area contributed by atoms with Crippen LogP contribution in [0.15, 0.2) is 41.8 Å². The second-order valence-electron chi connectivity index (χ2n) is 5.72. The Morgan fingerprint density at radius 2 is 2.04 bits per heavy atom. The fourth-order valence-electron chi connectivity index (χ4n) is 3.05. The van der Waals surface area contributed by atoms with E-state index in [0.717, 1.165) is 17.7 Å². The normalized spacial score (nSPS) is 19.1. The fraction of sp³-hybridized carbons (Fsp3) is 0.333. The Hall–Kier alpha value is -1.79. The van der Waals surface area contributed by atoms with Gasteiger partial charge in [-0.05, 0) is 41.2 Å². The van der Waals surface area contributed by atoms with Crippen molar-refractivity contribution < 1.29 is 14.7 Å². The third-order valence-corrected chi connectivity index (χ3v) is 6.65. The van der Waals surface area contributed by atoms with Crippen molar-refractivity contribution in [3.8, 4) is 0 Å². The van der Waals surface area contributed by atoms with E-state index in [9.17, 15) is 14.7 Å². The van der Waals surface area contributed by atoms with E-state index >= 15 is 0 Å². The van der Waals surface area contributed by atoms with Crippen molar-refractivity contribution in [3.63, 3.8) is 0 Å². The molecule has 0 spiro atoms. The summed E-state index contributed by atoms with van der Waals surface area (Å²) in [6.07, 6.45) is 1.25. The maximum absolute atomic E-state index is 12.9. The number of hydrogen-bond donors (Lipinski definition) is 2. The van der Waals surface area contributed by atoms with E-state index in [4.69, 9.17) is 0 Å². The van der Waals surface area contributed by atoms with E-state index in [1.807, 2.05) is 17.5 Å². The van der Waals surface area contributed by atoms with Gasteiger partial charge in [0.2, 0.25) is 5.91 Å². The van der Waals surface area contributed by atoms with Gasteiger partial charge >= 0.3 is 5.97 Å². The number of thiophene rings is 1. The number of carbonyl (C=O) groups is 2. The van der Waals surface area contributed by atoms with Gasteiger partial charge in [0, 0.05) is 4.88 Å². The fourth-order valence-corrected chi connectivity index (χ4v) is 5.35. The molecule has 1 amide bonds. The molecule has 2 N–H and O–H groups in total. The zero-order chi connectivity index (χ0) is 17.2. The van der Waals surface area contributed by atoms with Crippen molar-refractivity contribution in [2.24, 2.45) is 0 Å². The van der Waals surface area contributed by atoms with Crippen LogP contribution in [0.4, 0.5) is 0 Å². The number of carboxylic acids is 1. The van der Waals surface area contributed by atoms with E-state index in [2.05, 4.69) is 5.32 Å². The number of rotatable bonds is 5. The van der Waals surface area contributed by atoms with E-state index in [0.29, 0.717) is 5.56 Å². The smallest absolute Gasteiger partial charge is 0.334 e. The topological polar surface area (TPSA) is 66.4 Å². The summed E-state index contributed by atoms with van der Waals surface area (Å²) < 4.78 is 0. The lowest BCUT2D eigenvalue weighted by molar-refractivity contribution is -0.148. The Bertz CT molecular complexity index is 744. The van der Waals surface area contributed by atoms with Crippen LogP contribution in [-0.4, -0.2) is 22.7 Å². The summed E-state index contributed by atoms with van der Waals surface area (Å²) in [5.74, 6) is -0.383. The molecule has 0 radical (unpaired) electrons. The number of hydrogen-bond acceptors (Lipinski definition) is 4. The van der Waals surface area contributed by atoms with Crippen LogP contribution < -0.4 is 5.32 Å². The Kier molecular flexibility index (Phi) is 4.96. The van der Waals surface area contributed by atoms with Crippen LogP contribution >= 0.6 is 23.1 Å². The summed E-state index contributed by atoms with van der Waals surface area (Å²) in [7, 11) is 0. The molecule has 1 aliphatic rings. The molecule has 2 aromatic rings. The number of aliphatic carboxylic acids is 1. The number of carbonyl (C=O) groups excluding carboxylic acids is 1. The van der Waals surface area contributed by atoms with Crippen molar-refractivity contribution in [3.05, 3.63) is 57.8 Å². The molecule has 1 aromatic carbocycles. The van der Waals surface area contributed by atoms with Crippen LogP contribution in [0.1, 0.15) is 34.6 Å². The standard InChI is InChI=1S/C18H19NO3S2/c1-2-18(17(21)22,12-6-4-3-5-7-12)19-16(20)15-13-8-10-23-14(13)9-11-24-15/h3-8,10,15H,2,9,11H2,1H3,(H,19,20)(H,21,22). The first-order chi connectivity index (χ1) is 11.6. The number of aryl methyl sites for hydroxylation is 1. The van der Waals surface area contributed by atoms with Crippen LogP contribution in [0.3, 0.4) is 0 Å². The molecule has 6 heteroatoms. The molecule has 1 aliphatic heterocycles. The average molecular weight is 361 g/mol. The van der Waals surface area contributed by atoms with Gasteiger partial charge in [0.05, 0.1) is 0 Å². The lowest BCUT2D eigenvalue weighted by atomic mass is 9.87. The highest BCUT2D eigenvalue weighted by atomic mass is 32.2. The Morgan fingerprint density at radius 1 is 1.29 bits per heavy atom. The lowest BCUT2D eigenvalue weighted by Gasteiger charge is -2.32. The third-order valence-electron chi connectivity index (χ3n) is 4.41. The molecule has 1 aromatic heterocycles. The molecule has 2 unspecified atom stereocenters. The molecule has 0 saturated carbocycles. The van der Waals surface area contributed by atoms with Gasteiger partial charge in [-0.2, -0.15) is 0 Å². The number of carboxylic acid groups (broad SMARTS) is 1. The summed E-state index contributed by atoms with van der Waals surface area (Å²) in [6.45, 7) is 1.78. The lowest BCUT2D eigenvalue weighted by Crippen LogP contribution is -2.52. The zero-order valence-corrected chi connectivity index (χ0v) is 15.0. The molecule has 2 heterocycles. The number of benzene rings is 1. The summed E-state index contributed by atoms with van der Waals surface area (Å²) in [6, 6.07) is 10.9. The minimum atomic E-state index is -1.40. The van der Waals surface area contributed by atoms with Gasteiger partial charge in [-0.25, -0.2) is 4.79 Å². The minimum absolute atomic E-state index is 0.229. The minimum Gasteiger partial charge on any atom is -0.479 e. The van der Waals surface area contributed by atoms with Crippen LogP contribution in [0.25, 0.3) is 0 Å². The molecule has 0 saturated heterocycles. The van der Waals surface area contributed by atoms with Gasteiger partial charge in [-0.15, -0.1) is 23.1 Å². The monoisotopic (exact) mass is 361 g/mol. The molecule has 4 nitrogen and oxygen atoms in total. The SMILES string of the molecule is CCC(NC(=O)C1SCCc2sccc21)(C(=O)O)c1ccccc1. The average Bonchev–Trinajstić information content (AvgIpc) is 3.08. The Balaban J connectivity index is 1.92. The summed E-state index contributed by atoms with van der Waals surface area (Å²) >= 11 is 3.24. The second kappa shape index (κ2) is 6.99. The first-order valence-electron chi connectivity index (χ1n) is 7.87. The summed E-state index contributed by atoms with van der Waals surface area (Å²) in [5.41, 5.74) is 0.226. The maximum atomic E-state index is 12.9. The molecule has 0 aliphatic carbocycles. The van der Waals surface area contributed by atoms with Crippen LogP contribution in [0.2, 0.25) is 0 Å². The first kappa shape index (κ1) is 17.0. The predicted octanol–water partition coefficient (Wildman–Crippen LogP) is 3.58. The van der Waals surface area contributed by atoms with Crippen molar-refractivity contribution in [2.75, 3.05) is 5.75 Å². The quantitative estimate of drug-likeness (QED) is 0.854. The molecule has 3 rings (SSSR count). The summed E-state index contributed by atoms with van der Waals surface area (Å²) in [4.78, 5) is 26.2. The Morgan fingerprint density at radius 3 is 2.71 bits per heavy atom. The van der Waals surface area contributed by atoms with E-state index in [-0.39, 0.29) is 17.6 Å². The van der Waals surface area contributed by atoms with Gasteiger partial charge < -0.3 is 10.4 Å². The highest BCUT2D eigenvalue weighted by molar-refractivity contribution is 8.00.